The monoisotopic (exact) mass is 262 g/mol. The Balaban J connectivity index is 1.92. The van der Waals surface area contributed by atoms with Crippen LogP contribution in [-0.4, -0.2) is 35.5 Å². The number of carbonyl (C=O) groups excluding carboxylic acids is 1. The van der Waals surface area contributed by atoms with E-state index in [1.807, 2.05) is 24.0 Å². The molecule has 0 saturated carbocycles. The maximum atomic E-state index is 12.0. The van der Waals surface area contributed by atoms with Gasteiger partial charge in [0.2, 0.25) is 5.91 Å². The number of hydrogen-bond acceptors (Lipinski definition) is 3. The first kappa shape index (κ1) is 13.9. The summed E-state index contributed by atoms with van der Waals surface area (Å²) >= 11 is 0. The van der Waals surface area contributed by atoms with Gasteiger partial charge in [-0.25, -0.2) is 0 Å². The number of nitrogens with two attached hydrogens (primary N) is 1. The first-order chi connectivity index (χ1) is 9.11. The van der Waals surface area contributed by atoms with Crippen LogP contribution in [0.25, 0.3) is 0 Å². The Labute approximate surface area is 114 Å². The maximum Gasteiger partial charge on any atom is 0.226 e. The number of likely N-dealkylation sites (tertiary alicyclic amines) is 1. The zero-order chi connectivity index (χ0) is 13.8. The largest absolute Gasteiger partial charge is 0.508 e. The summed E-state index contributed by atoms with van der Waals surface area (Å²) in [6, 6.07) is 7.40. The van der Waals surface area contributed by atoms with Gasteiger partial charge in [-0.05, 0) is 36.5 Å². The van der Waals surface area contributed by atoms with Gasteiger partial charge in [-0.15, -0.1) is 0 Å². The molecule has 1 heterocycles. The molecule has 0 spiro atoms. The molecule has 1 atom stereocenters. The number of phenols is 1. The van der Waals surface area contributed by atoms with E-state index in [2.05, 4.69) is 0 Å². The van der Waals surface area contributed by atoms with Gasteiger partial charge in [0.25, 0.3) is 0 Å². The summed E-state index contributed by atoms with van der Waals surface area (Å²) in [6.07, 6.45) is 1.96. The Morgan fingerprint density at radius 1 is 1.37 bits per heavy atom. The number of amides is 1. The van der Waals surface area contributed by atoms with E-state index >= 15 is 0 Å². The van der Waals surface area contributed by atoms with Crippen molar-refractivity contribution in [3.8, 4) is 5.75 Å². The number of carbonyl (C=O) groups is 1. The molecule has 1 aliphatic heterocycles. The summed E-state index contributed by atoms with van der Waals surface area (Å²) in [7, 11) is 0. The highest BCUT2D eigenvalue weighted by Crippen LogP contribution is 2.29. The zero-order valence-corrected chi connectivity index (χ0v) is 11.4. The summed E-state index contributed by atoms with van der Waals surface area (Å²) in [6.45, 7) is 3.90. The van der Waals surface area contributed by atoms with Crippen LogP contribution < -0.4 is 5.73 Å². The number of benzene rings is 1. The van der Waals surface area contributed by atoms with Crippen molar-refractivity contribution in [2.45, 2.75) is 25.7 Å². The lowest BCUT2D eigenvalue weighted by Gasteiger charge is -2.33. The number of phenolic OH excluding ortho intramolecular Hbond substituents is 1. The van der Waals surface area contributed by atoms with Gasteiger partial charge in [0, 0.05) is 25.6 Å². The molecule has 1 aromatic rings. The molecular weight excluding hydrogens is 240 g/mol. The third kappa shape index (κ3) is 3.26. The average Bonchev–Trinajstić information content (AvgIpc) is 2.46. The molecule has 1 aromatic carbocycles. The zero-order valence-electron chi connectivity index (χ0n) is 11.4. The van der Waals surface area contributed by atoms with Crippen LogP contribution in [0.2, 0.25) is 0 Å². The summed E-state index contributed by atoms with van der Waals surface area (Å²) in [5.74, 6) is 0.878. The van der Waals surface area contributed by atoms with E-state index in [0.717, 1.165) is 25.9 Å². The van der Waals surface area contributed by atoms with Crippen LogP contribution in [0.5, 0.6) is 5.75 Å². The molecule has 4 heteroatoms. The number of nitrogens with zero attached hydrogens (tertiary/aromatic N) is 1. The Morgan fingerprint density at radius 2 is 1.95 bits per heavy atom. The molecule has 0 aromatic heterocycles. The summed E-state index contributed by atoms with van der Waals surface area (Å²) in [5.41, 5.74) is 6.79. The molecule has 0 radical (unpaired) electrons. The summed E-state index contributed by atoms with van der Waals surface area (Å²) < 4.78 is 0. The normalized spacial score (nSPS) is 18.3. The second-order valence-corrected chi connectivity index (χ2v) is 5.33. The van der Waals surface area contributed by atoms with Crippen LogP contribution in [0, 0.1) is 5.92 Å². The molecule has 1 aliphatic rings. The SMILES string of the molecule is CC(CN)C(=O)N1CCC(c2ccc(O)cc2)CC1. The minimum absolute atomic E-state index is 0.0785. The molecule has 1 saturated heterocycles. The molecular formula is C15H22N2O2. The third-order valence-corrected chi connectivity index (χ3v) is 3.95. The van der Waals surface area contributed by atoms with Gasteiger partial charge >= 0.3 is 0 Å². The van der Waals surface area contributed by atoms with E-state index in [4.69, 9.17) is 5.73 Å². The van der Waals surface area contributed by atoms with Gasteiger partial charge in [0.1, 0.15) is 5.75 Å². The van der Waals surface area contributed by atoms with Gasteiger partial charge in [0.15, 0.2) is 0 Å². The van der Waals surface area contributed by atoms with Crippen LogP contribution in [-0.2, 0) is 4.79 Å². The smallest absolute Gasteiger partial charge is 0.226 e. The summed E-state index contributed by atoms with van der Waals surface area (Å²) in [5, 5.41) is 9.29. The van der Waals surface area contributed by atoms with Crippen molar-refractivity contribution in [2.75, 3.05) is 19.6 Å². The van der Waals surface area contributed by atoms with Crippen LogP contribution >= 0.6 is 0 Å². The van der Waals surface area contributed by atoms with Crippen molar-refractivity contribution < 1.29 is 9.90 Å². The number of hydrogen-bond donors (Lipinski definition) is 2. The van der Waals surface area contributed by atoms with E-state index < -0.39 is 0 Å². The van der Waals surface area contributed by atoms with Crippen LogP contribution in [0.3, 0.4) is 0 Å². The Morgan fingerprint density at radius 3 is 2.47 bits per heavy atom. The average molecular weight is 262 g/mol. The second-order valence-electron chi connectivity index (χ2n) is 5.33. The molecule has 104 valence electrons. The predicted octanol–water partition coefficient (Wildman–Crippen LogP) is 1.69. The molecule has 19 heavy (non-hydrogen) atoms. The van der Waals surface area contributed by atoms with Crippen molar-refractivity contribution in [1.29, 1.82) is 0 Å². The van der Waals surface area contributed by atoms with Crippen LogP contribution in [0.15, 0.2) is 24.3 Å². The van der Waals surface area contributed by atoms with Crippen LogP contribution in [0.4, 0.5) is 0 Å². The third-order valence-electron chi connectivity index (χ3n) is 3.95. The van der Waals surface area contributed by atoms with Crippen molar-refractivity contribution in [1.82, 2.24) is 4.90 Å². The molecule has 1 unspecified atom stereocenters. The quantitative estimate of drug-likeness (QED) is 0.871. The minimum atomic E-state index is -0.0785. The lowest BCUT2D eigenvalue weighted by Crippen LogP contribution is -2.42. The van der Waals surface area contributed by atoms with Gasteiger partial charge < -0.3 is 15.7 Å². The van der Waals surface area contributed by atoms with Gasteiger partial charge in [-0.1, -0.05) is 19.1 Å². The van der Waals surface area contributed by atoms with Gasteiger partial charge in [-0.3, -0.25) is 4.79 Å². The number of aromatic hydroxyl groups is 1. The number of piperidine rings is 1. The predicted molar refractivity (Wildman–Crippen MR) is 74.9 cm³/mol. The van der Waals surface area contributed by atoms with Crippen molar-refractivity contribution in [3.05, 3.63) is 29.8 Å². The van der Waals surface area contributed by atoms with Gasteiger partial charge in [0.05, 0.1) is 0 Å². The highest BCUT2D eigenvalue weighted by atomic mass is 16.3. The molecule has 0 bridgehead atoms. The Bertz CT molecular complexity index is 422. The fourth-order valence-electron chi connectivity index (χ4n) is 2.59. The Hall–Kier alpha value is -1.55. The number of rotatable bonds is 3. The standard InChI is InChI=1S/C15H22N2O2/c1-11(10-16)15(19)17-8-6-13(7-9-17)12-2-4-14(18)5-3-12/h2-5,11,13,18H,6-10,16H2,1H3. The van der Waals surface area contributed by atoms with Crippen molar-refractivity contribution >= 4 is 5.91 Å². The van der Waals surface area contributed by atoms with Crippen LogP contribution in [0.1, 0.15) is 31.2 Å². The van der Waals surface area contributed by atoms with E-state index in [-0.39, 0.29) is 11.8 Å². The fourth-order valence-corrected chi connectivity index (χ4v) is 2.59. The maximum absolute atomic E-state index is 12.0. The second kappa shape index (κ2) is 6.06. The van der Waals surface area contributed by atoms with E-state index in [1.54, 1.807) is 12.1 Å². The molecule has 1 fully saturated rings. The fraction of sp³-hybridized carbons (Fsp3) is 0.533. The summed E-state index contributed by atoms with van der Waals surface area (Å²) in [4.78, 5) is 14.0. The first-order valence-corrected chi connectivity index (χ1v) is 6.89. The van der Waals surface area contributed by atoms with Crippen molar-refractivity contribution in [2.24, 2.45) is 11.7 Å². The first-order valence-electron chi connectivity index (χ1n) is 6.89. The molecule has 4 nitrogen and oxygen atoms in total. The van der Waals surface area contributed by atoms with E-state index in [9.17, 15) is 9.90 Å². The minimum Gasteiger partial charge on any atom is -0.508 e. The van der Waals surface area contributed by atoms with E-state index in [0.29, 0.717) is 18.2 Å². The molecule has 2 rings (SSSR count). The molecule has 3 N–H and O–H groups in total. The van der Waals surface area contributed by atoms with Gasteiger partial charge in [-0.2, -0.15) is 0 Å². The van der Waals surface area contributed by atoms with E-state index in [1.165, 1.54) is 5.56 Å². The Kier molecular flexibility index (Phi) is 4.43. The highest BCUT2D eigenvalue weighted by molar-refractivity contribution is 5.78. The lowest BCUT2D eigenvalue weighted by molar-refractivity contribution is -0.135. The molecule has 0 aliphatic carbocycles. The molecule has 1 amide bonds. The highest BCUT2D eigenvalue weighted by Gasteiger charge is 2.25. The lowest BCUT2D eigenvalue weighted by atomic mass is 9.89. The van der Waals surface area contributed by atoms with Crippen molar-refractivity contribution in [3.63, 3.8) is 0 Å². The topological polar surface area (TPSA) is 66.6 Å².